The summed E-state index contributed by atoms with van der Waals surface area (Å²) in [6.45, 7) is 18.6. The van der Waals surface area contributed by atoms with Crippen molar-refractivity contribution in [3.8, 4) is 22.3 Å². The fourth-order valence-corrected chi connectivity index (χ4v) is 11.6. The van der Waals surface area contributed by atoms with E-state index < -0.39 is 11.1 Å². The molecule has 8 aromatic carbocycles. The van der Waals surface area contributed by atoms with E-state index in [-0.39, 0.29) is 31.9 Å². The van der Waals surface area contributed by atoms with E-state index in [1.165, 1.54) is 55.6 Å². The first kappa shape index (κ1) is 40.2. The summed E-state index contributed by atoms with van der Waals surface area (Å²) in [5, 5.41) is 0. The smallest absolute Gasteiger partial charge is 0.494 e. The molecule has 0 radical (unpaired) electrons. The Morgan fingerprint density at radius 3 is 1.23 bits per heavy atom. The third kappa shape index (κ3) is 5.29. The zero-order valence-electron chi connectivity index (χ0n) is 37.4. The first-order chi connectivity index (χ1) is 31.0. The number of hydrogen-bond acceptors (Lipinski definition) is 4. The Labute approximate surface area is 398 Å². The van der Waals surface area contributed by atoms with Gasteiger partial charge in [0.05, 0.1) is 0 Å². The SMILES string of the molecule is CC(C)(C)c1ccc2c(c1)-c1cc(C(C)(C)C)ccc1C21N2[CH-]N(c3[c-]c(ccc3)C3(c4[c-]c(ccc4)N4[CH-]N1c1ccccc14)c1ccccc1-c1ccccc13)c1ccccc12.[Pt+4]. The van der Waals surface area contributed by atoms with E-state index in [1.807, 2.05) is 0 Å². The second-order valence-corrected chi connectivity index (χ2v) is 20.1. The van der Waals surface area contributed by atoms with Gasteiger partial charge in [0.2, 0.25) is 0 Å². The Bertz CT molecular complexity index is 3040. The molecule has 0 fully saturated rings. The number of para-hydroxylation sites is 4. The summed E-state index contributed by atoms with van der Waals surface area (Å²) >= 11 is 0. The Hall–Kier alpha value is -6.35. The third-order valence-electron chi connectivity index (χ3n) is 14.6. The second kappa shape index (κ2) is 13.8. The molecule has 5 aliphatic rings. The molecule has 0 atom stereocenters. The van der Waals surface area contributed by atoms with Gasteiger partial charge in [-0.3, -0.25) is 0 Å². The second-order valence-electron chi connectivity index (χ2n) is 20.1. The number of rotatable bonds is 0. The first-order valence-corrected chi connectivity index (χ1v) is 22.6. The molecule has 0 N–H and O–H groups in total. The number of anilines is 6. The minimum atomic E-state index is -0.850. The number of benzene rings is 8. The summed E-state index contributed by atoms with van der Waals surface area (Å²) in [6.07, 6.45) is 0. The van der Waals surface area contributed by atoms with Crippen LogP contribution in [0.5, 0.6) is 0 Å². The molecule has 4 nitrogen and oxygen atoms in total. The fraction of sp³-hybridized carbons (Fsp3) is 0.167. The van der Waals surface area contributed by atoms with Crippen molar-refractivity contribution in [3.63, 3.8) is 0 Å². The summed E-state index contributed by atoms with van der Waals surface area (Å²) in [4.78, 5) is 9.86. The van der Waals surface area contributed by atoms with Gasteiger partial charge >= 0.3 is 21.1 Å². The fourth-order valence-electron chi connectivity index (χ4n) is 11.6. The molecule has 5 heteroatoms. The van der Waals surface area contributed by atoms with Gasteiger partial charge in [0.15, 0.2) is 0 Å². The van der Waals surface area contributed by atoms with Crippen LogP contribution in [0, 0.1) is 25.5 Å². The van der Waals surface area contributed by atoms with E-state index in [4.69, 9.17) is 0 Å². The maximum Gasteiger partial charge on any atom is 4.00 e. The van der Waals surface area contributed by atoms with Crippen molar-refractivity contribution in [3.05, 3.63) is 240 Å². The molecule has 13 rings (SSSR count). The van der Waals surface area contributed by atoms with Gasteiger partial charge in [-0.1, -0.05) is 151 Å². The Kier molecular flexibility index (Phi) is 8.55. The van der Waals surface area contributed by atoms with Crippen molar-refractivity contribution >= 4 is 34.1 Å². The van der Waals surface area contributed by atoms with Crippen molar-refractivity contribution in [1.82, 2.24) is 0 Å². The zero-order chi connectivity index (χ0) is 43.3. The summed E-state index contributed by atoms with van der Waals surface area (Å²) in [5.41, 5.74) is 19.6. The van der Waals surface area contributed by atoms with Crippen molar-refractivity contribution in [2.45, 2.75) is 63.5 Å². The van der Waals surface area contributed by atoms with E-state index in [0.29, 0.717) is 0 Å². The van der Waals surface area contributed by atoms with Crippen LogP contribution in [0.25, 0.3) is 22.3 Å². The number of nitrogens with zero attached hydrogens (tertiary/aromatic N) is 4. The van der Waals surface area contributed by atoms with E-state index in [0.717, 1.165) is 45.3 Å². The van der Waals surface area contributed by atoms with Crippen LogP contribution in [0.2, 0.25) is 0 Å². The summed E-state index contributed by atoms with van der Waals surface area (Å²) < 4.78 is 0. The van der Waals surface area contributed by atoms with Crippen LogP contribution in [0.1, 0.15) is 86.1 Å². The molecule has 0 amide bonds. The summed E-state index contributed by atoms with van der Waals surface area (Å²) in [6, 6.07) is 71.9. The normalized spacial score (nSPS) is 16.3. The van der Waals surface area contributed by atoms with Crippen molar-refractivity contribution in [1.29, 1.82) is 0 Å². The molecule has 8 bridgehead atoms. The van der Waals surface area contributed by atoms with Gasteiger partial charge in [-0.05, 0) is 79.6 Å². The van der Waals surface area contributed by atoms with Crippen molar-refractivity contribution in [2.24, 2.45) is 0 Å². The van der Waals surface area contributed by atoms with Crippen molar-refractivity contribution in [2.75, 3.05) is 19.6 Å². The number of hydrogen-bond donors (Lipinski definition) is 0. The Morgan fingerprint density at radius 1 is 0.400 bits per heavy atom. The maximum absolute atomic E-state index is 4.12. The van der Waals surface area contributed by atoms with Crippen LogP contribution >= 0.6 is 0 Å². The zero-order valence-corrected chi connectivity index (χ0v) is 39.7. The molecule has 0 aromatic heterocycles. The molecule has 318 valence electrons. The average molecular weight is 1020 g/mol. The number of fused-ring (bicyclic) bond motifs is 30. The molecule has 65 heavy (non-hydrogen) atoms. The van der Waals surface area contributed by atoms with Gasteiger partial charge in [0.25, 0.3) is 0 Å². The van der Waals surface area contributed by atoms with E-state index in [2.05, 4.69) is 256 Å². The molecule has 3 aliphatic heterocycles. The largest absolute Gasteiger partial charge is 4.00 e. The molecular formula is C60H48N4Pt. The standard InChI is InChI=1S/C60H48N4.Pt/c1-57(2,3)39-29-31-51-47(35-39)48-36-40(58(4,5)6)30-32-52(48)60(51)63-37-61(53-25-11-13-27-55(53)63)43-19-15-17-41(33-43)59(49-23-9-7-21-45(49)46-22-8-10-24-50(46)59)42-18-16-20-44(34-42)62-38-64(60)56-28-14-12-26-54(56)62;/h7-32,35-38H,1-6H3;/q-4;+4. The van der Waals surface area contributed by atoms with E-state index in [1.54, 1.807) is 0 Å². The van der Waals surface area contributed by atoms with Crippen LogP contribution in [-0.4, -0.2) is 0 Å². The van der Waals surface area contributed by atoms with Gasteiger partial charge in [-0.2, -0.15) is 48.5 Å². The molecular weight excluding hydrogens is 972 g/mol. The van der Waals surface area contributed by atoms with Crippen molar-refractivity contribution < 1.29 is 21.1 Å². The van der Waals surface area contributed by atoms with Gasteiger partial charge in [-0.15, -0.1) is 35.8 Å². The minimum absolute atomic E-state index is 0. The first-order valence-electron chi connectivity index (χ1n) is 22.6. The molecule has 0 unspecified atom stereocenters. The van der Waals surface area contributed by atoms with Crippen LogP contribution in [0.3, 0.4) is 0 Å². The summed E-state index contributed by atoms with van der Waals surface area (Å²) in [5.74, 6) is 0. The summed E-state index contributed by atoms with van der Waals surface area (Å²) in [7, 11) is 0. The van der Waals surface area contributed by atoms with Crippen LogP contribution in [-0.2, 0) is 43.0 Å². The maximum atomic E-state index is 4.12. The van der Waals surface area contributed by atoms with Crippen LogP contribution in [0.4, 0.5) is 34.1 Å². The van der Waals surface area contributed by atoms with Crippen LogP contribution < -0.4 is 19.6 Å². The topological polar surface area (TPSA) is 13.0 Å². The van der Waals surface area contributed by atoms with Gasteiger partial charge in [0.1, 0.15) is 5.66 Å². The van der Waals surface area contributed by atoms with Gasteiger partial charge in [-0.25, -0.2) is 0 Å². The predicted octanol–water partition coefficient (Wildman–Crippen LogP) is 14.3. The molecule has 2 aliphatic carbocycles. The van der Waals surface area contributed by atoms with Gasteiger partial charge in [0, 0.05) is 39.3 Å². The minimum Gasteiger partial charge on any atom is -0.494 e. The molecule has 0 saturated carbocycles. The Balaban J connectivity index is 0.00000444. The molecule has 8 aromatic rings. The monoisotopic (exact) mass is 1020 g/mol. The van der Waals surface area contributed by atoms with Crippen LogP contribution in [0.15, 0.2) is 170 Å². The van der Waals surface area contributed by atoms with Gasteiger partial charge < -0.3 is 19.6 Å². The van der Waals surface area contributed by atoms with E-state index >= 15 is 0 Å². The van der Waals surface area contributed by atoms with E-state index in [9.17, 15) is 0 Å². The predicted molar refractivity (Wildman–Crippen MR) is 262 cm³/mol. The average Bonchev–Trinajstić information content (AvgIpc) is 4.05. The third-order valence-corrected chi connectivity index (χ3v) is 14.6. The molecule has 2 spiro atoms. The Morgan fingerprint density at radius 2 is 0.800 bits per heavy atom. The quantitative estimate of drug-likeness (QED) is 0.140. The molecule has 3 heterocycles. The molecule has 0 saturated heterocycles.